The van der Waals surface area contributed by atoms with Gasteiger partial charge in [0.15, 0.2) is 0 Å². The monoisotopic (exact) mass is 335 g/mol. The van der Waals surface area contributed by atoms with Crippen LogP contribution in [0.25, 0.3) is 0 Å². The Hall–Kier alpha value is -3.19. The minimum absolute atomic E-state index is 0.0999. The molecule has 4 rings (SSSR count). The van der Waals surface area contributed by atoms with Crippen LogP contribution in [0, 0.1) is 0 Å². The fourth-order valence-electron chi connectivity index (χ4n) is 2.79. The van der Waals surface area contributed by atoms with Crippen molar-refractivity contribution in [3.05, 3.63) is 72.0 Å². The van der Waals surface area contributed by atoms with Gasteiger partial charge in [0.1, 0.15) is 11.4 Å². The molecule has 0 radical (unpaired) electrons. The van der Waals surface area contributed by atoms with E-state index in [0.29, 0.717) is 22.8 Å². The van der Waals surface area contributed by atoms with Crippen LogP contribution in [-0.4, -0.2) is 25.2 Å². The smallest absolute Gasteiger partial charge is 0.538 e. The number of para-hydroxylation sites is 4. The molecule has 2 aliphatic rings. The van der Waals surface area contributed by atoms with Crippen LogP contribution < -0.4 is 9.97 Å². The van der Waals surface area contributed by atoms with Crippen molar-refractivity contribution < 1.29 is 19.1 Å². The minimum atomic E-state index is -2.17. The van der Waals surface area contributed by atoms with Gasteiger partial charge in [0, 0.05) is 0 Å². The molecule has 6 nitrogen and oxygen atoms in total. The van der Waals surface area contributed by atoms with E-state index < -0.39 is 6.75 Å². The fraction of sp³-hybridized carbons (Fsp3) is 0.0556. The molecule has 1 atom stereocenters. The molecule has 0 spiro atoms. The van der Waals surface area contributed by atoms with E-state index in [9.17, 15) is 5.11 Å². The van der Waals surface area contributed by atoms with Gasteiger partial charge in [-0.2, -0.15) is 0 Å². The summed E-state index contributed by atoms with van der Waals surface area (Å²) in [6.45, 7) is -2.17. The summed E-state index contributed by atoms with van der Waals surface area (Å²) >= 11 is 0. The minimum Gasteiger partial charge on any atom is -0.654 e. The number of phenolic OH excluding ortho intramolecular Hbond substituents is 1. The number of anilines is 1. The second-order valence-corrected chi connectivity index (χ2v) is 5.67. The molecule has 2 aromatic carbocycles. The number of allylic oxidation sites excluding steroid dienone is 3. The molecular formula is C18H16BN2O4-. The van der Waals surface area contributed by atoms with Crippen LogP contribution in [0.1, 0.15) is 0 Å². The highest BCUT2D eigenvalue weighted by Gasteiger charge is 2.42. The van der Waals surface area contributed by atoms with E-state index in [0.717, 1.165) is 5.69 Å². The van der Waals surface area contributed by atoms with Gasteiger partial charge >= 0.3 is 6.75 Å². The molecule has 0 aliphatic carbocycles. The first-order chi connectivity index (χ1) is 12.2. The highest BCUT2D eigenvalue weighted by molar-refractivity contribution is 6.71. The first-order valence-corrected chi connectivity index (χ1v) is 7.87. The summed E-state index contributed by atoms with van der Waals surface area (Å²) in [6, 6.07) is 14.4. The van der Waals surface area contributed by atoms with Crippen molar-refractivity contribution in [2.75, 3.05) is 12.4 Å². The van der Waals surface area contributed by atoms with Gasteiger partial charge in [-0.05, 0) is 43.0 Å². The zero-order valence-electron chi connectivity index (χ0n) is 13.5. The number of phenols is 1. The molecule has 0 amide bonds. The van der Waals surface area contributed by atoms with Gasteiger partial charge in [-0.25, -0.2) is 4.99 Å². The van der Waals surface area contributed by atoms with Crippen LogP contribution in [0.5, 0.6) is 11.5 Å². The van der Waals surface area contributed by atoms with Gasteiger partial charge in [0.2, 0.25) is 0 Å². The zero-order chi connectivity index (χ0) is 17.3. The Morgan fingerprint density at radius 1 is 1.08 bits per heavy atom. The van der Waals surface area contributed by atoms with E-state index in [1.165, 1.54) is 13.3 Å². The number of benzene rings is 2. The maximum atomic E-state index is 9.79. The first kappa shape index (κ1) is 15.3. The van der Waals surface area contributed by atoms with E-state index in [-0.39, 0.29) is 5.75 Å². The number of rotatable bonds is 3. The summed E-state index contributed by atoms with van der Waals surface area (Å²) < 4.78 is 17.6. The molecule has 2 aliphatic heterocycles. The number of nitrogens with one attached hydrogen (secondary N) is 1. The maximum Gasteiger partial charge on any atom is 0.538 e. The van der Waals surface area contributed by atoms with Crippen molar-refractivity contribution >= 4 is 24.3 Å². The Balaban J connectivity index is 1.64. The molecule has 7 heteroatoms. The second kappa shape index (κ2) is 6.03. The third-order valence-electron chi connectivity index (χ3n) is 4.07. The molecule has 2 aromatic rings. The second-order valence-electron chi connectivity index (χ2n) is 5.67. The molecule has 2 heterocycles. The Kier molecular flexibility index (Phi) is 3.70. The number of hydrogen-bond acceptors (Lipinski definition) is 6. The van der Waals surface area contributed by atoms with Crippen LogP contribution in [0.15, 0.2) is 77.0 Å². The summed E-state index contributed by atoms with van der Waals surface area (Å²) in [5, 5.41) is 13.1. The molecule has 2 N–H and O–H groups in total. The van der Waals surface area contributed by atoms with Crippen molar-refractivity contribution in [3.63, 3.8) is 0 Å². The lowest BCUT2D eigenvalue weighted by Crippen LogP contribution is -2.55. The van der Waals surface area contributed by atoms with Gasteiger partial charge in [-0.15, -0.1) is 0 Å². The lowest BCUT2D eigenvalue weighted by molar-refractivity contribution is 0.183. The summed E-state index contributed by atoms with van der Waals surface area (Å²) in [6.07, 6.45) is 5.13. The molecule has 0 saturated carbocycles. The van der Waals surface area contributed by atoms with Crippen LogP contribution in [0.3, 0.4) is 0 Å². The van der Waals surface area contributed by atoms with E-state index >= 15 is 0 Å². The predicted octanol–water partition coefficient (Wildman–Crippen LogP) is 3.52. The van der Waals surface area contributed by atoms with Crippen molar-refractivity contribution in [1.29, 1.82) is 0 Å². The molecule has 0 fully saturated rings. The van der Waals surface area contributed by atoms with Crippen LogP contribution in [0.2, 0.25) is 0 Å². The Morgan fingerprint density at radius 3 is 2.72 bits per heavy atom. The number of aromatic hydroxyl groups is 1. The zero-order valence-corrected chi connectivity index (χ0v) is 13.5. The largest absolute Gasteiger partial charge is 0.654 e. The van der Waals surface area contributed by atoms with E-state index in [2.05, 4.69) is 10.3 Å². The summed E-state index contributed by atoms with van der Waals surface area (Å²) in [5.41, 5.74) is 2.00. The average molecular weight is 335 g/mol. The third-order valence-corrected chi connectivity index (χ3v) is 4.07. The number of fused-ring (bicyclic) bond motifs is 2. The molecular weight excluding hydrogens is 319 g/mol. The van der Waals surface area contributed by atoms with Crippen molar-refractivity contribution in [2.45, 2.75) is 0 Å². The Morgan fingerprint density at radius 2 is 1.88 bits per heavy atom. The lowest BCUT2D eigenvalue weighted by Gasteiger charge is -2.48. The maximum absolute atomic E-state index is 9.79. The number of aliphatic imine (C=N–C) groups is 1. The topological polar surface area (TPSA) is 72.3 Å². The van der Waals surface area contributed by atoms with Gasteiger partial charge in [-0.3, -0.25) is 0 Å². The quantitative estimate of drug-likeness (QED) is 0.663. The van der Waals surface area contributed by atoms with Crippen molar-refractivity contribution in [3.8, 4) is 11.5 Å². The number of nitrogens with zero attached hydrogens (tertiary/aromatic N) is 1. The highest BCUT2D eigenvalue weighted by atomic mass is 16.8. The molecule has 0 saturated heterocycles. The van der Waals surface area contributed by atoms with E-state index in [1.807, 2.05) is 30.3 Å². The van der Waals surface area contributed by atoms with Gasteiger partial charge in [0.25, 0.3) is 0 Å². The van der Waals surface area contributed by atoms with Crippen LogP contribution in [-0.2, 0) is 9.31 Å². The molecule has 0 aromatic heterocycles. The summed E-state index contributed by atoms with van der Waals surface area (Å²) in [5.74, 6) is 1.22. The van der Waals surface area contributed by atoms with E-state index in [1.54, 1.807) is 30.3 Å². The van der Waals surface area contributed by atoms with Crippen molar-refractivity contribution in [1.82, 2.24) is 0 Å². The molecule has 25 heavy (non-hydrogen) atoms. The predicted molar refractivity (Wildman–Crippen MR) is 97.0 cm³/mol. The Labute approximate surface area is 145 Å². The van der Waals surface area contributed by atoms with E-state index in [4.69, 9.17) is 14.0 Å². The van der Waals surface area contributed by atoms with Gasteiger partial charge < -0.3 is 24.4 Å². The number of hydrogen-bond donors (Lipinski definition) is 2. The van der Waals surface area contributed by atoms with Crippen molar-refractivity contribution in [2.24, 2.45) is 4.99 Å². The Bertz CT molecular complexity index is 909. The summed E-state index contributed by atoms with van der Waals surface area (Å²) in [7, 11) is 1.53. The van der Waals surface area contributed by atoms with Gasteiger partial charge in [0.05, 0.1) is 23.4 Å². The molecule has 126 valence electrons. The third kappa shape index (κ3) is 2.74. The van der Waals surface area contributed by atoms with Crippen LogP contribution in [0.4, 0.5) is 11.4 Å². The first-order valence-electron chi connectivity index (χ1n) is 7.87. The molecule has 0 bridgehead atoms. The normalized spacial score (nSPS) is 21.2. The average Bonchev–Trinajstić information content (AvgIpc) is 2.65. The van der Waals surface area contributed by atoms with Crippen LogP contribution >= 0.6 is 0 Å². The fourth-order valence-corrected chi connectivity index (χ4v) is 2.79. The summed E-state index contributed by atoms with van der Waals surface area (Å²) in [4.78, 5) is 4.26. The standard InChI is InChI=1S/C18H16BN2O4/c1-23-19-18(21-15-7-3-5-9-17(15)25-19)11-10-13(24-19)12-20-14-6-2-4-8-16(14)22/h2-12,21-22H,1H3/q-1. The SMILES string of the molecule is CO[B-]12OC(C=Nc3ccccc3O)=CC=C1Nc1ccccc1O2. The van der Waals surface area contributed by atoms with Gasteiger partial charge in [-0.1, -0.05) is 30.3 Å². The highest BCUT2D eigenvalue weighted by Crippen LogP contribution is 2.38. The lowest BCUT2D eigenvalue weighted by atomic mass is 9.70. The molecule has 1 unspecified atom stereocenters.